The second kappa shape index (κ2) is 5.60. The number of rotatable bonds is 3. The van der Waals surface area contributed by atoms with Crippen LogP contribution in [-0.4, -0.2) is 43.1 Å². The fourth-order valence-corrected chi connectivity index (χ4v) is 3.00. The Morgan fingerprint density at radius 2 is 2.30 bits per heavy atom. The summed E-state index contributed by atoms with van der Waals surface area (Å²) in [5.41, 5.74) is 7.81. The van der Waals surface area contributed by atoms with Crippen LogP contribution in [0.15, 0.2) is 12.1 Å². The minimum atomic E-state index is -0.308. The zero-order valence-electron chi connectivity index (χ0n) is 11.2. The first kappa shape index (κ1) is 13.7. The van der Waals surface area contributed by atoms with Gasteiger partial charge in [0.15, 0.2) is 0 Å². The number of nitrogens with zero attached hydrogens (tertiary/aromatic N) is 1. The molecule has 2 heterocycles. The summed E-state index contributed by atoms with van der Waals surface area (Å²) in [5, 5.41) is 8.25. The van der Waals surface area contributed by atoms with Gasteiger partial charge in [0.2, 0.25) is 0 Å². The molecule has 1 unspecified atom stereocenters. The molecule has 1 saturated heterocycles. The average molecular weight is 296 g/mol. The predicted octanol–water partition coefficient (Wildman–Crippen LogP) is 1.41. The topological polar surface area (TPSA) is 71.6 Å². The van der Waals surface area contributed by atoms with Gasteiger partial charge >= 0.3 is 0 Å². The van der Waals surface area contributed by atoms with E-state index in [1.165, 1.54) is 5.56 Å². The maximum atomic E-state index is 7.50. The average Bonchev–Trinajstić information content (AvgIpc) is 2.87. The number of morpholine rings is 1. The van der Waals surface area contributed by atoms with Gasteiger partial charge in [0.05, 0.1) is 13.2 Å². The van der Waals surface area contributed by atoms with E-state index in [9.17, 15) is 0 Å². The zero-order valence-corrected chi connectivity index (χ0v) is 11.9. The summed E-state index contributed by atoms with van der Waals surface area (Å²) < 4.78 is 11.2. The molecule has 1 aromatic carbocycles. The molecule has 3 rings (SSSR count). The van der Waals surface area contributed by atoms with E-state index in [1.807, 2.05) is 12.1 Å². The van der Waals surface area contributed by atoms with Crippen LogP contribution in [0.3, 0.4) is 0 Å². The quantitative estimate of drug-likeness (QED) is 0.653. The molecule has 108 valence electrons. The second-order valence-corrected chi connectivity index (χ2v) is 5.64. The van der Waals surface area contributed by atoms with Crippen molar-refractivity contribution in [3.05, 3.63) is 28.3 Å². The lowest BCUT2D eigenvalue weighted by molar-refractivity contribution is 0.00213. The Kier molecular flexibility index (Phi) is 3.83. The van der Waals surface area contributed by atoms with Crippen LogP contribution in [0.25, 0.3) is 0 Å². The zero-order chi connectivity index (χ0) is 14.1. The van der Waals surface area contributed by atoms with E-state index in [0.29, 0.717) is 13.2 Å². The second-order valence-electron chi connectivity index (χ2n) is 5.20. The molecule has 1 aromatic rings. The highest BCUT2D eigenvalue weighted by Crippen LogP contribution is 2.33. The molecule has 1 atom stereocenters. The highest BCUT2D eigenvalue weighted by atomic mass is 35.5. The van der Waals surface area contributed by atoms with Crippen LogP contribution in [0.2, 0.25) is 5.02 Å². The fraction of sp³-hybridized carbons (Fsp3) is 0.500. The van der Waals surface area contributed by atoms with Crippen LogP contribution in [0.5, 0.6) is 5.75 Å². The highest BCUT2D eigenvalue weighted by molar-refractivity contribution is 6.30. The van der Waals surface area contributed by atoms with E-state index in [4.69, 9.17) is 32.2 Å². The molecule has 6 heteroatoms. The monoisotopic (exact) mass is 295 g/mol. The number of amidine groups is 1. The molecular weight excluding hydrogens is 278 g/mol. The van der Waals surface area contributed by atoms with E-state index in [2.05, 4.69) is 4.90 Å². The van der Waals surface area contributed by atoms with Gasteiger partial charge in [-0.15, -0.1) is 0 Å². The number of hydrogen-bond donors (Lipinski definition) is 2. The molecule has 20 heavy (non-hydrogen) atoms. The Hall–Kier alpha value is -1.30. The Bertz CT molecular complexity index is 535. The molecule has 5 nitrogen and oxygen atoms in total. The Labute approximate surface area is 123 Å². The molecule has 0 aliphatic carbocycles. The van der Waals surface area contributed by atoms with Gasteiger partial charge in [-0.25, -0.2) is 0 Å². The first-order valence-electron chi connectivity index (χ1n) is 6.75. The van der Waals surface area contributed by atoms with Crippen molar-refractivity contribution in [1.29, 1.82) is 5.41 Å². The molecule has 0 bridgehead atoms. The summed E-state index contributed by atoms with van der Waals surface area (Å²) in [5.74, 6) is 1.06. The summed E-state index contributed by atoms with van der Waals surface area (Å²) in [7, 11) is 0. The molecular formula is C14H18ClN3O2. The van der Waals surface area contributed by atoms with E-state index in [-0.39, 0.29) is 11.9 Å². The van der Waals surface area contributed by atoms with E-state index < -0.39 is 0 Å². The van der Waals surface area contributed by atoms with Gasteiger partial charge in [0.1, 0.15) is 17.7 Å². The number of nitrogens with one attached hydrogen (secondary N) is 1. The van der Waals surface area contributed by atoms with Crippen molar-refractivity contribution < 1.29 is 9.47 Å². The first-order chi connectivity index (χ1) is 9.63. The van der Waals surface area contributed by atoms with Gasteiger partial charge in [0, 0.05) is 36.6 Å². The van der Waals surface area contributed by atoms with Crippen molar-refractivity contribution in [3.8, 4) is 5.75 Å². The Morgan fingerprint density at radius 3 is 3.10 bits per heavy atom. The van der Waals surface area contributed by atoms with Crippen LogP contribution >= 0.6 is 11.6 Å². The number of ether oxygens (including phenoxy) is 2. The van der Waals surface area contributed by atoms with Crippen molar-refractivity contribution in [2.75, 3.05) is 26.3 Å². The molecule has 2 aliphatic rings. The van der Waals surface area contributed by atoms with Gasteiger partial charge < -0.3 is 15.2 Å². The van der Waals surface area contributed by atoms with Crippen LogP contribution in [0.4, 0.5) is 0 Å². The third-order valence-electron chi connectivity index (χ3n) is 3.72. The molecule has 0 saturated carbocycles. The standard InChI is InChI=1S/C14H18ClN3O2/c15-11-5-9-1-3-20-13(9)10(6-11)7-18-2-4-19-12(8-18)14(16)17/h5-6,12H,1-4,7-8H2,(H3,16,17). The Morgan fingerprint density at radius 1 is 1.45 bits per heavy atom. The summed E-state index contributed by atoms with van der Waals surface area (Å²) >= 11 is 6.17. The Balaban J connectivity index is 1.76. The predicted molar refractivity (Wildman–Crippen MR) is 77.6 cm³/mol. The van der Waals surface area contributed by atoms with Crippen molar-refractivity contribution >= 4 is 17.4 Å². The van der Waals surface area contributed by atoms with Gasteiger partial charge in [-0.05, 0) is 17.7 Å². The van der Waals surface area contributed by atoms with Crippen LogP contribution in [-0.2, 0) is 17.7 Å². The number of halogens is 1. The lowest BCUT2D eigenvalue weighted by atomic mass is 10.1. The summed E-state index contributed by atoms with van der Waals surface area (Å²) in [6.07, 6.45) is 0.610. The molecule has 2 aliphatic heterocycles. The number of hydrogen-bond acceptors (Lipinski definition) is 4. The maximum Gasteiger partial charge on any atom is 0.127 e. The van der Waals surface area contributed by atoms with Gasteiger partial charge in [-0.3, -0.25) is 10.3 Å². The number of fused-ring (bicyclic) bond motifs is 1. The lowest BCUT2D eigenvalue weighted by Crippen LogP contribution is -2.47. The van der Waals surface area contributed by atoms with Gasteiger partial charge in [-0.2, -0.15) is 0 Å². The highest BCUT2D eigenvalue weighted by Gasteiger charge is 2.25. The third kappa shape index (κ3) is 2.75. The normalized spacial score (nSPS) is 22.4. The van der Waals surface area contributed by atoms with E-state index in [1.54, 1.807) is 0 Å². The first-order valence-corrected chi connectivity index (χ1v) is 7.13. The minimum absolute atomic E-state index is 0.0854. The van der Waals surface area contributed by atoms with Crippen molar-refractivity contribution in [2.45, 2.75) is 19.1 Å². The molecule has 0 aromatic heterocycles. The molecule has 0 radical (unpaired) electrons. The summed E-state index contributed by atoms with van der Waals surface area (Å²) in [6, 6.07) is 3.94. The fourth-order valence-electron chi connectivity index (χ4n) is 2.74. The lowest BCUT2D eigenvalue weighted by Gasteiger charge is -2.32. The third-order valence-corrected chi connectivity index (χ3v) is 3.93. The number of nitrogens with two attached hydrogens (primary N) is 1. The summed E-state index contributed by atoms with van der Waals surface area (Å²) in [4.78, 5) is 2.23. The van der Waals surface area contributed by atoms with Crippen molar-refractivity contribution in [3.63, 3.8) is 0 Å². The smallest absolute Gasteiger partial charge is 0.127 e. The van der Waals surface area contributed by atoms with Crippen molar-refractivity contribution in [2.24, 2.45) is 5.73 Å². The molecule has 3 N–H and O–H groups in total. The van der Waals surface area contributed by atoms with Crippen LogP contribution < -0.4 is 10.5 Å². The SMILES string of the molecule is N=C(N)C1CN(Cc2cc(Cl)cc3c2OCC3)CCO1. The van der Waals surface area contributed by atoms with E-state index in [0.717, 1.165) is 42.5 Å². The maximum absolute atomic E-state index is 7.50. The molecule has 0 spiro atoms. The van der Waals surface area contributed by atoms with E-state index >= 15 is 0 Å². The van der Waals surface area contributed by atoms with Crippen LogP contribution in [0.1, 0.15) is 11.1 Å². The number of benzene rings is 1. The van der Waals surface area contributed by atoms with Crippen LogP contribution in [0, 0.1) is 5.41 Å². The largest absolute Gasteiger partial charge is 0.493 e. The molecule has 1 fully saturated rings. The molecule has 0 amide bonds. The van der Waals surface area contributed by atoms with Gasteiger partial charge in [-0.1, -0.05) is 11.6 Å². The summed E-state index contributed by atoms with van der Waals surface area (Å²) in [6.45, 7) is 3.52. The van der Waals surface area contributed by atoms with Gasteiger partial charge in [0.25, 0.3) is 0 Å². The van der Waals surface area contributed by atoms with Crippen molar-refractivity contribution in [1.82, 2.24) is 4.90 Å². The minimum Gasteiger partial charge on any atom is -0.493 e.